The standard InChI is InChI=1S/C48H58N12O4/c1-3-20-59-45(62)40-29-50-46(54-44(40)60(59)41-14-7-35-6-5-34(4-2)43(35)52-41)51-36-8-11-38(12-9-36)56-21-15-33(16-22-56)30-55-24-18-48(19-25-55)32-58(26-27-64-48)39-13-10-37(49-28-39)31-57-23-17-42(61)53-47(57)63/h3,7-14,28-29,33-34H,1,4-6,15-27,30-32H2,2H3,(H,50,51,54)(H,53,61,63). The molecule has 16 heteroatoms. The molecule has 2 N–H and O–H groups in total. The number of ether oxygens (including phenoxy) is 1. The average Bonchev–Trinajstić information content (AvgIpc) is 3.86. The molecule has 64 heavy (non-hydrogen) atoms. The summed E-state index contributed by atoms with van der Waals surface area (Å²) in [6.45, 7) is 14.9. The van der Waals surface area contributed by atoms with E-state index in [0.29, 0.717) is 67.3 Å². The zero-order valence-corrected chi connectivity index (χ0v) is 36.8. The molecular weight excluding hydrogens is 809 g/mol. The summed E-state index contributed by atoms with van der Waals surface area (Å²) in [4.78, 5) is 65.6. The first kappa shape index (κ1) is 41.9. The van der Waals surface area contributed by atoms with Crippen molar-refractivity contribution in [1.29, 1.82) is 0 Å². The Labute approximate surface area is 373 Å². The van der Waals surface area contributed by atoms with E-state index in [4.69, 9.17) is 14.7 Å². The van der Waals surface area contributed by atoms with Crippen molar-refractivity contribution >= 4 is 46.0 Å². The van der Waals surface area contributed by atoms with E-state index in [1.54, 1.807) is 21.9 Å². The third-order valence-electron chi connectivity index (χ3n) is 14.1. The molecular formula is C48H58N12O4. The third-order valence-corrected chi connectivity index (χ3v) is 14.1. The number of carbonyl (C=O) groups is 2. The number of nitrogens with zero attached hydrogens (tertiary/aromatic N) is 10. The van der Waals surface area contributed by atoms with Crippen LogP contribution in [-0.2, 0) is 29.0 Å². The van der Waals surface area contributed by atoms with Crippen LogP contribution in [0.15, 0.2) is 78.4 Å². The van der Waals surface area contributed by atoms with Gasteiger partial charge in [-0.15, -0.1) is 6.58 Å². The maximum Gasteiger partial charge on any atom is 0.324 e. The molecule has 1 atom stereocenters. The molecule has 4 fully saturated rings. The van der Waals surface area contributed by atoms with E-state index in [1.165, 1.54) is 11.3 Å². The van der Waals surface area contributed by atoms with Crippen molar-refractivity contribution in [3.63, 3.8) is 0 Å². The normalized spacial score (nSPS) is 20.5. The maximum atomic E-state index is 13.5. The molecule has 1 spiro atoms. The van der Waals surface area contributed by atoms with Crippen molar-refractivity contribution < 1.29 is 14.3 Å². The van der Waals surface area contributed by atoms with Gasteiger partial charge in [0, 0.05) is 88.0 Å². The molecule has 5 aromatic rings. The fraction of sp³-hybridized carbons (Fsp3) is 0.479. The first-order valence-corrected chi connectivity index (χ1v) is 23.1. The first-order valence-electron chi connectivity index (χ1n) is 23.1. The summed E-state index contributed by atoms with van der Waals surface area (Å²) in [5, 5.41) is 6.20. The van der Waals surface area contributed by atoms with Crippen molar-refractivity contribution in [2.45, 2.75) is 82.9 Å². The highest BCUT2D eigenvalue weighted by molar-refractivity contribution is 5.96. The van der Waals surface area contributed by atoms with Gasteiger partial charge in [0.05, 0.1) is 42.9 Å². The number of benzene rings is 1. The second kappa shape index (κ2) is 17.8. The van der Waals surface area contributed by atoms with Gasteiger partial charge in [-0.3, -0.25) is 19.9 Å². The number of allylic oxidation sites excluding steroid dienone is 1. The highest BCUT2D eigenvalue weighted by Crippen LogP contribution is 2.36. The minimum absolute atomic E-state index is 0.146. The van der Waals surface area contributed by atoms with Crippen molar-refractivity contribution in [3.8, 4) is 5.82 Å². The molecule has 0 radical (unpaired) electrons. The number of urea groups is 1. The zero-order chi connectivity index (χ0) is 43.8. The number of aryl methyl sites for hydroxylation is 1. The molecule has 5 aliphatic rings. The van der Waals surface area contributed by atoms with Crippen LogP contribution in [0.2, 0.25) is 0 Å². The van der Waals surface area contributed by atoms with Crippen LogP contribution in [0.3, 0.4) is 0 Å². The summed E-state index contributed by atoms with van der Waals surface area (Å²) in [7, 11) is 0. The summed E-state index contributed by atoms with van der Waals surface area (Å²) < 4.78 is 9.97. The van der Waals surface area contributed by atoms with Crippen molar-refractivity contribution in [3.05, 3.63) is 101 Å². The number of hydrogen-bond acceptors (Lipinski definition) is 12. The van der Waals surface area contributed by atoms with E-state index in [-0.39, 0.29) is 23.1 Å². The number of carbonyl (C=O) groups excluding carboxylic acids is 2. The fourth-order valence-electron chi connectivity index (χ4n) is 10.4. The largest absolute Gasteiger partial charge is 0.372 e. The number of nitrogens with one attached hydrogen (secondary N) is 2. The highest BCUT2D eigenvalue weighted by atomic mass is 16.5. The number of morpholine rings is 1. The van der Waals surface area contributed by atoms with E-state index in [1.807, 2.05) is 23.0 Å². The van der Waals surface area contributed by atoms with E-state index < -0.39 is 0 Å². The van der Waals surface area contributed by atoms with Crippen molar-refractivity contribution in [1.82, 2.24) is 44.4 Å². The van der Waals surface area contributed by atoms with E-state index in [9.17, 15) is 14.4 Å². The molecule has 1 aliphatic carbocycles. The second-order valence-corrected chi connectivity index (χ2v) is 18.2. The quantitative estimate of drug-likeness (QED) is 0.146. The number of fused-ring (bicyclic) bond motifs is 2. The number of piperidine rings is 2. The molecule has 1 unspecified atom stereocenters. The van der Waals surface area contributed by atoms with Gasteiger partial charge in [-0.25, -0.2) is 24.1 Å². The van der Waals surface area contributed by atoms with Crippen molar-refractivity contribution in [2.75, 3.05) is 74.1 Å². The Morgan fingerprint density at radius 1 is 0.875 bits per heavy atom. The number of anilines is 4. The molecule has 16 nitrogen and oxygen atoms in total. The van der Waals surface area contributed by atoms with Gasteiger partial charge < -0.3 is 29.7 Å². The average molecular weight is 867 g/mol. The monoisotopic (exact) mass is 866 g/mol. The van der Waals surface area contributed by atoms with Crippen molar-refractivity contribution in [2.24, 2.45) is 5.92 Å². The van der Waals surface area contributed by atoms with Crippen LogP contribution < -0.4 is 26.0 Å². The summed E-state index contributed by atoms with van der Waals surface area (Å²) in [6.07, 6.45) is 13.1. The molecule has 4 saturated heterocycles. The molecule has 3 amide bonds. The SMILES string of the molecule is C=CCn1c(=O)c2cnc(Nc3ccc(N4CCC(CN5CCC6(CC5)CN(c5ccc(CN7CCC(=O)NC7=O)nc5)CCO6)CC4)cc3)nc2n1-c1ccc2c(n1)C(CC)CC2. The number of aromatic nitrogens is 6. The lowest BCUT2D eigenvalue weighted by atomic mass is 9.88. The van der Waals surface area contributed by atoms with Crippen LogP contribution in [0.5, 0.6) is 0 Å². The van der Waals surface area contributed by atoms with Crippen LogP contribution in [-0.4, -0.2) is 116 Å². The Bertz CT molecular complexity index is 2570. The third kappa shape index (κ3) is 8.48. The lowest BCUT2D eigenvalue weighted by Crippen LogP contribution is -2.57. The van der Waals surface area contributed by atoms with Crippen LogP contribution in [0.25, 0.3) is 16.9 Å². The Balaban J connectivity index is 0.712. The van der Waals surface area contributed by atoms with Gasteiger partial charge in [0.25, 0.3) is 5.56 Å². The summed E-state index contributed by atoms with van der Waals surface area (Å²) >= 11 is 0. The number of amides is 3. The molecule has 4 aromatic heterocycles. The summed E-state index contributed by atoms with van der Waals surface area (Å²) in [6, 6.07) is 16.3. The number of imide groups is 1. The van der Waals surface area contributed by atoms with Crippen LogP contribution in [0.4, 0.5) is 27.8 Å². The number of pyridine rings is 2. The van der Waals surface area contributed by atoms with E-state index >= 15 is 0 Å². The fourth-order valence-corrected chi connectivity index (χ4v) is 10.4. The number of likely N-dealkylation sites (tertiary alicyclic amines) is 1. The molecule has 0 saturated carbocycles. The van der Waals surface area contributed by atoms with Crippen LogP contribution in [0.1, 0.15) is 74.7 Å². The molecule has 1 aromatic carbocycles. The lowest BCUT2D eigenvalue weighted by Gasteiger charge is -2.48. The number of hydrogen-bond donors (Lipinski definition) is 2. The van der Waals surface area contributed by atoms with E-state index in [0.717, 1.165) is 114 Å². The van der Waals surface area contributed by atoms with Crippen LogP contribution in [0, 0.1) is 5.92 Å². The first-order chi connectivity index (χ1) is 31.2. The summed E-state index contributed by atoms with van der Waals surface area (Å²) in [5.74, 6) is 1.97. The van der Waals surface area contributed by atoms with Gasteiger partial charge in [0.15, 0.2) is 11.5 Å². The van der Waals surface area contributed by atoms with Gasteiger partial charge in [-0.2, -0.15) is 4.98 Å². The van der Waals surface area contributed by atoms with Gasteiger partial charge in [0.1, 0.15) is 5.39 Å². The minimum atomic E-state index is -0.353. The van der Waals surface area contributed by atoms with Gasteiger partial charge in [-0.1, -0.05) is 19.1 Å². The maximum absolute atomic E-state index is 13.5. The Kier molecular flexibility index (Phi) is 11.6. The Morgan fingerprint density at radius 3 is 2.44 bits per heavy atom. The summed E-state index contributed by atoms with van der Waals surface area (Å²) in [5.41, 5.74) is 6.58. The lowest BCUT2D eigenvalue weighted by molar-refractivity contribution is -0.121. The van der Waals surface area contributed by atoms with Gasteiger partial charge in [-0.05, 0) is 98.9 Å². The predicted molar refractivity (Wildman–Crippen MR) is 247 cm³/mol. The zero-order valence-electron chi connectivity index (χ0n) is 36.8. The topological polar surface area (TPSA) is 159 Å². The molecule has 334 valence electrons. The molecule has 10 rings (SSSR count). The molecule has 0 bridgehead atoms. The Morgan fingerprint density at radius 2 is 1.69 bits per heavy atom. The number of rotatable bonds is 12. The highest BCUT2D eigenvalue weighted by Gasteiger charge is 2.40. The minimum Gasteiger partial charge on any atom is -0.372 e. The van der Waals surface area contributed by atoms with Gasteiger partial charge >= 0.3 is 6.03 Å². The molecule has 8 heterocycles. The van der Waals surface area contributed by atoms with Gasteiger partial charge in [0.2, 0.25) is 11.9 Å². The second-order valence-electron chi connectivity index (χ2n) is 18.2. The smallest absolute Gasteiger partial charge is 0.324 e. The van der Waals surface area contributed by atoms with E-state index in [2.05, 4.69) is 85.2 Å². The Hall–Kier alpha value is -6.13. The van der Waals surface area contributed by atoms with Crippen LogP contribution >= 0.6 is 0 Å². The predicted octanol–water partition coefficient (Wildman–Crippen LogP) is 5.77. The molecule has 4 aliphatic heterocycles.